The Morgan fingerprint density at radius 3 is 2.54 bits per heavy atom. The second-order valence-corrected chi connectivity index (χ2v) is 5.93. The van der Waals surface area contributed by atoms with E-state index in [9.17, 15) is 32.9 Å². The molecule has 148 valence electrons. The summed E-state index contributed by atoms with van der Waals surface area (Å²) in [4.78, 5) is 34.2. The van der Waals surface area contributed by atoms with Gasteiger partial charge >= 0.3 is 12.1 Å². The lowest BCUT2D eigenvalue weighted by molar-refractivity contribution is -0.385. The molecule has 11 heteroatoms. The summed E-state index contributed by atoms with van der Waals surface area (Å²) in [5.74, 6) is -1.93. The fourth-order valence-electron chi connectivity index (χ4n) is 2.23. The molecule has 0 spiro atoms. The van der Waals surface area contributed by atoms with Crippen LogP contribution >= 0.6 is 11.6 Å². The first kappa shape index (κ1) is 21.2. The van der Waals surface area contributed by atoms with Gasteiger partial charge in [0.15, 0.2) is 6.61 Å². The summed E-state index contributed by atoms with van der Waals surface area (Å²) in [5.41, 5.74) is -1.67. The summed E-state index contributed by atoms with van der Waals surface area (Å²) < 4.78 is 43.0. The molecule has 28 heavy (non-hydrogen) atoms. The van der Waals surface area contributed by atoms with Crippen LogP contribution in [-0.4, -0.2) is 23.4 Å². The first-order valence-corrected chi connectivity index (χ1v) is 7.96. The molecule has 0 radical (unpaired) electrons. The molecular weight excluding hydrogens is 405 g/mol. The molecule has 0 atom stereocenters. The van der Waals surface area contributed by atoms with E-state index in [2.05, 4.69) is 5.32 Å². The minimum Gasteiger partial charge on any atom is -0.452 e. The number of nitrogens with one attached hydrogen (secondary N) is 1. The van der Waals surface area contributed by atoms with Gasteiger partial charge in [0, 0.05) is 11.6 Å². The molecular formula is C17H12ClF3N2O5. The lowest BCUT2D eigenvalue weighted by Gasteiger charge is -2.12. The zero-order chi connectivity index (χ0) is 21.1. The van der Waals surface area contributed by atoms with Gasteiger partial charge in [0.2, 0.25) is 0 Å². The Kier molecular flexibility index (Phi) is 6.24. The maximum absolute atomic E-state index is 12.7. The Balaban J connectivity index is 2.07. The Hall–Kier alpha value is -3.14. The van der Waals surface area contributed by atoms with Gasteiger partial charge in [-0.05, 0) is 31.2 Å². The van der Waals surface area contributed by atoms with Crippen LogP contribution in [0, 0.1) is 17.0 Å². The Bertz CT molecular complexity index is 947. The highest BCUT2D eigenvalue weighted by Crippen LogP contribution is 2.33. The molecule has 0 fully saturated rings. The van der Waals surface area contributed by atoms with E-state index in [0.717, 1.165) is 12.1 Å². The average molecular weight is 417 g/mol. The van der Waals surface area contributed by atoms with Crippen molar-refractivity contribution in [1.82, 2.24) is 0 Å². The predicted octanol–water partition coefficient (Wildman–Crippen LogP) is 4.37. The number of hydrogen-bond acceptors (Lipinski definition) is 5. The molecule has 1 amide bonds. The molecule has 0 saturated heterocycles. The predicted molar refractivity (Wildman–Crippen MR) is 93.2 cm³/mol. The number of nitro benzene ring substituents is 1. The third-order valence-electron chi connectivity index (χ3n) is 3.62. The number of esters is 1. The zero-order valence-corrected chi connectivity index (χ0v) is 14.9. The van der Waals surface area contributed by atoms with Crippen LogP contribution < -0.4 is 5.32 Å². The number of ether oxygens (including phenoxy) is 1. The topological polar surface area (TPSA) is 98.5 Å². The molecule has 0 heterocycles. The lowest BCUT2D eigenvalue weighted by atomic mass is 10.1. The van der Waals surface area contributed by atoms with Crippen molar-refractivity contribution in [1.29, 1.82) is 0 Å². The highest BCUT2D eigenvalue weighted by molar-refractivity contribution is 6.33. The summed E-state index contributed by atoms with van der Waals surface area (Å²) in [6.07, 6.45) is -4.63. The number of anilines is 1. The SMILES string of the molecule is Cc1c(C(=O)OCC(=O)Nc2cc(C(F)(F)F)ccc2Cl)cccc1[N+](=O)[O-]. The number of carbonyl (C=O) groups is 2. The molecule has 0 saturated carbocycles. The molecule has 0 bridgehead atoms. The summed E-state index contributed by atoms with van der Waals surface area (Å²) in [6, 6.07) is 6.14. The van der Waals surface area contributed by atoms with Gasteiger partial charge in [0.25, 0.3) is 11.6 Å². The number of nitrogens with zero attached hydrogens (tertiary/aromatic N) is 1. The van der Waals surface area contributed by atoms with Crippen molar-refractivity contribution in [3.63, 3.8) is 0 Å². The van der Waals surface area contributed by atoms with E-state index in [1.165, 1.54) is 25.1 Å². The van der Waals surface area contributed by atoms with Gasteiger partial charge in [-0.15, -0.1) is 0 Å². The van der Waals surface area contributed by atoms with Crippen LogP contribution in [0.4, 0.5) is 24.5 Å². The van der Waals surface area contributed by atoms with Crippen LogP contribution in [0.3, 0.4) is 0 Å². The average Bonchev–Trinajstić information content (AvgIpc) is 2.60. The first-order chi connectivity index (χ1) is 13.0. The zero-order valence-electron chi connectivity index (χ0n) is 14.2. The first-order valence-electron chi connectivity index (χ1n) is 7.58. The minimum atomic E-state index is -4.63. The van der Waals surface area contributed by atoms with Crippen molar-refractivity contribution in [3.8, 4) is 0 Å². The molecule has 0 aromatic heterocycles. The number of carbonyl (C=O) groups excluding carboxylic acids is 2. The Morgan fingerprint density at radius 2 is 1.93 bits per heavy atom. The highest BCUT2D eigenvalue weighted by Gasteiger charge is 2.31. The third-order valence-corrected chi connectivity index (χ3v) is 3.95. The Morgan fingerprint density at radius 1 is 1.25 bits per heavy atom. The fraction of sp³-hybridized carbons (Fsp3) is 0.176. The van der Waals surface area contributed by atoms with E-state index in [1.807, 2.05) is 0 Å². The number of alkyl halides is 3. The van der Waals surface area contributed by atoms with Crippen molar-refractivity contribution in [2.24, 2.45) is 0 Å². The second-order valence-electron chi connectivity index (χ2n) is 5.52. The van der Waals surface area contributed by atoms with Crippen LogP contribution in [0.1, 0.15) is 21.5 Å². The van der Waals surface area contributed by atoms with Crippen LogP contribution in [0.2, 0.25) is 5.02 Å². The number of hydrogen-bond donors (Lipinski definition) is 1. The summed E-state index contributed by atoms with van der Waals surface area (Å²) in [7, 11) is 0. The lowest BCUT2D eigenvalue weighted by Crippen LogP contribution is -2.22. The maximum atomic E-state index is 12.7. The van der Waals surface area contributed by atoms with Crippen LogP contribution in [0.15, 0.2) is 36.4 Å². The van der Waals surface area contributed by atoms with E-state index >= 15 is 0 Å². The van der Waals surface area contributed by atoms with Crippen molar-refractivity contribution < 1.29 is 32.4 Å². The maximum Gasteiger partial charge on any atom is 0.416 e. The number of halogens is 4. The second kappa shape index (κ2) is 8.26. The van der Waals surface area contributed by atoms with E-state index < -0.39 is 35.1 Å². The molecule has 2 aromatic rings. The van der Waals surface area contributed by atoms with Gasteiger partial charge in [-0.25, -0.2) is 4.79 Å². The molecule has 7 nitrogen and oxygen atoms in total. The van der Waals surface area contributed by atoms with E-state index in [-0.39, 0.29) is 27.5 Å². The normalized spacial score (nSPS) is 11.0. The van der Waals surface area contributed by atoms with Gasteiger partial charge < -0.3 is 10.1 Å². The van der Waals surface area contributed by atoms with Crippen molar-refractivity contribution in [2.75, 3.05) is 11.9 Å². The smallest absolute Gasteiger partial charge is 0.416 e. The standard InChI is InChI=1S/C17H12ClF3N2O5/c1-9-11(3-2-4-14(9)23(26)27)16(25)28-8-15(24)22-13-7-10(17(19,20)21)5-6-12(13)18/h2-7H,8H2,1H3,(H,22,24). The molecule has 0 unspecified atom stereocenters. The van der Waals surface area contributed by atoms with Crippen molar-refractivity contribution >= 4 is 34.9 Å². The molecule has 1 N–H and O–H groups in total. The van der Waals surface area contributed by atoms with Crippen LogP contribution in [-0.2, 0) is 15.7 Å². The van der Waals surface area contributed by atoms with E-state index in [4.69, 9.17) is 16.3 Å². The third kappa shape index (κ3) is 4.97. The number of benzene rings is 2. The number of nitro groups is 1. The van der Waals surface area contributed by atoms with Crippen molar-refractivity contribution in [2.45, 2.75) is 13.1 Å². The summed E-state index contributed by atoms with van der Waals surface area (Å²) >= 11 is 5.76. The van der Waals surface area contributed by atoms with E-state index in [1.54, 1.807) is 0 Å². The van der Waals surface area contributed by atoms with Gasteiger partial charge in [-0.1, -0.05) is 17.7 Å². The molecule has 2 rings (SSSR count). The van der Waals surface area contributed by atoms with Crippen molar-refractivity contribution in [3.05, 3.63) is 68.2 Å². The monoisotopic (exact) mass is 416 g/mol. The summed E-state index contributed by atoms with van der Waals surface area (Å²) in [6.45, 7) is 0.519. The number of rotatable bonds is 5. The minimum absolute atomic E-state index is 0.0545. The van der Waals surface area contributed by atoms with Gasteiger partial charge in [-0.3, -0.25) is 14.9 Å². The molecule has 0 aliphatic carbocycles. The fourth-order valence-corrected chi connectivity index (χ4v) is 2.40. The summed E-state index contributed by atoms with van der Waals surface area (Å²) in [5, 5.41) is 12.9. The largest absolute Gasteiger partial charge is 0.452 e. The van der Waals surface area contributed by atoms with Crippen LogP contribution in [0.5, 0.6) is 0 Å². The molecule has 0 aliphatic heterocycles. The number of amides is 1. The van der Waals surface area contributed by atoms with Gasteiger partial charge in [-0.2, -0.15) is 13.2 Å². The van der Waals surface area contributed by atoms with E-state index in [0.29, 0.717) is 6.07 Å². The van der Waals surface area contributed by atoms with Gasteiger partial charge in [0.1, 0.15) is 0 Å². The molecule has 0 aliphatic rings. The van der Waals surface area contributed by atoms with Gasteiger partial charge in [0.05, 0.1) is 26.8 Å². The molecule has 2 aromatic carbocycles. The Labute approximate surface area is 161 Å². The highest BCUT2D eigenvalue weighted by atomic mass is 35.5. The van der Waals surface area contributed by atoms with Crippen LogP contribution in [0.25, 0.3) is 0 Å². The quantitative estimate of drug-likeness (QED) is 0.443.